The summed E-state index contributed by atoms with van der Waals surface area (Å²) in [6.45, 7) is 4.05. The molecular weight excluding hydrogens is 154 g/mol. The van der Waals surface area contributed by atoms with E-state index in [-0.39, 0.29) is 5.95 Å². The first kappa shape index (κ1) is 8.84. The van der Waals surface area contributed by atoms with Gasteiger partial charge in [0.2, 0.25) is 5.90 Å². The van der Waals surface area contributed by atoms with Crippen LogP contribution in [0.15, 0.2) is 28.2 Å². The standard InChI is InChI=1S/C9H13NO2/c1-4-6(2)7-5-8(11)12-9(7)10-3/h5,11H,4H2,1-3H3/b7-6-,10-9?. The van der Waals surface area contributed by atoms with Crippen LogP contribution in [0.4, 0.5) is 0 Å². The molecule has 1 aliphatic rings. The maximum Gasteiger partial charge on any atom is 0.284 e. The van der Waals surface area contributed by atoms with Crippen LogP contribution in [0.2, 0.25) is 0 Å². The molecule has 1 heterocycles. The zero-order valence-electron chi connectivity index (χ0n) is 7.59. The minimum absolute atomic E-state index is 0.0709. The summed E-state index contributed by atoms with van der Waals surface area (Å²) in [6.07, 6.45) is 2.53. The summed E-state index contributed by atoms with van der Waals surface area (Å²) in [5.74, 6) is 0.435. The van der Waals surface area contributed by atoms with Gasteiger partial charge in [0.1, 0.15) is 0 Å². The smallest absolute Gasteiger partial charge is 0.284 e. The Labute approximate surface area is 72.1 Å². The first-order valence-corrected chi connectivity index (χ1v) is 3.94. The highest BCUT2D eigenvalue weighted by Gasteiger charge is 2.18. The molecule has 0 aromatic rings. The molecular formula is C9H13NO2. The second kappa shape index (κ2) is 3.43. The lowest BCUT2D eigenvalue weighted by Crippen LogP contribution is -2.00. The van der Waals surface area contributed by atoms with Crippen molar-refractivity contribution < 1.29 is 9.84 Å². The average Bonchev–Trinajstić information content (AvgIpc) is 2.45. The van der Waals surface area contributed by atoms with Crippen LogP contribution in [0.5, 0.6) is 0 Å². The highest BCUT2D eigenvalue weighted by molar-refractivity contribution is 5.99. The molecule has 0 aromatic heterocycles. The van der Waals surface area contributed by atoms with Gasteiger partial charge in [-0.1, -0.05) is 12.5 Å². The molecule has 0 spiro atoms. The van der Waals surface area contributed by atoms with Crippen molar-refractivity contribution in [2.45, 2.75) is 20.3 Å². The number of allylic oxidation sites excluding steroid dienone is 1. The number of rotatable bonds is 1. The summed E-state index contributed by atoms with van der Waals surface area (Å²) < 4.78 is 4.95. The zero-order chi connectivity index (χ0) is 9.14. The molecule has 3 nitrogen and oxygen atoms in total. The van der Waals surface area contributed by atoms with E-state index in [1.807, 2.05) is 6.92 Å². The maximum atomic E-state index is 9.07. The molecule has 0 radical (unpaired) electrons. The van der Waals surface area contributed by atoms with Gasteiger partial charge in [0.15, 0.2) is 0 Å². The van der Waals surface area contributed by atoms with Crippen LogP contribution in [0.25, 0.3) is 0 Å². The monoisotopic (exact) mass is 167 g/mol. The number of nitrogens with zero attached hydrogens (tertiary/aromatic N) is 1. The van der Waals surface area contributed by atoms with E-state index < -0.39 is 0 Å². The molecule has 1 N–H and O–H groups in total. The lowest BCUT2D eigenvalue weighted by Gasteiger charge is -2.01. The van der Waals surface area contributed by atoms with Gasteiger partial charge in [0.05, 0.1) is 0 Å². The van der Waals surface area contributed by atoms with Crippen LogP contribution in [0.3, 0.4) is 0 Å². The van der Waals surface area contributed by atoms with Crippen LogP contribution in [-0.2, 0) is 4.74 Å². The van der Waals surface area contributed by atoms with Crippen molar-refractivity contribution in [3.05, 3.63) is 23.2 Å². The van der Waals surface area contributed by atoms with Gasteiger partial charge >= 0.3 is 0 Å². The summed E-state index contributed by atoms with van der Waals surface area (Å²) in [7, 11) is 1.64. The van der Waals surface area contributed by atoms with Crippen molar-refractivity contribution in [2.24, 2.45) is 4.99 Å². The van der Waals surface area contributed by atoms with Crippen LogP contribution in [0, 0.1) is 0 Å². The van der Waals surface area contributed by atoms with Gasteiger partial charge in [-0.05, 0) is 13.3 Å². The van der Waals surface area contributed by atoms with E-state index in [4.69, 9.17) is 9.84 Å². The zero-order valence-corrected chi connectivity index (χ0v) is 7.59. The van der Waals surface area contributed by atoms with Crippen LogP contribution < -0.4 is 0 Å². The number of hydrogen-bond donors (Lipinski definition) is 1. The Hall–Kier alpha value is -1.25. The van der Waals surface area contributed by atoms with E-state index >= 15 is 0 Å². The first-order chi connectivity index (χ1) is 5.69. The third-order valence-corrected chi connectivity index (χ3v) is 1.89. The molecule has 0 aromatic carbocycles. The van der Waals surface area contributed by atoms with Gasteiger partial charge in [-0.25, -0.2) is 0 Å². The van der Waals surface area contributed by atoms with Gasteiger partial charge in [0, 0.05) is 18.7 Å². The Morgan fingerprint density at radius 3 is 2.83 bits per heavy atom. The topological polar surface area (TPSA) is 41.8 Å². The molecule has 0 bridgehead atoms. The lowest BCUT2D eigenvalue weighted by atomic mass is 10.1. The molecule has 3 heteroatoms. The highest BCUT2D eigenvalue weighted by atomic mass is 16.6. The summed E-state index contributed by atoms with van der Waals surface area (Å²) in [5, 5.41) is 9.07. The molecule has 0 fully saturated rings. The Kier molecular flexibility index (Phi) is 2.53. The summed E-state index contributed by atoms with van der Waals surface area (Å²) >= 11 is 0. The number of aliphatic imine (C=N–C) groups is 1. The predicted molar refractivity (Wildman–Crippen MR) is 48.1 cm³/mol. The largest absolute Gasteiger partial charge is 0.481 e. The van der Waals surface area contributed by atoms with Crippen molar-refractivity contribution in [1.82, 2.24) is 0 Å². The van der Waals surface area contributed by atoms with Crippen LogP contribution in [0.1, 0.15) is 20.3 Å². The molecule has 66 valence electrons. The van der Waals surface area contributed by atoms with E-state index in [9.17, 15) is 0 Å². The fourth-order valence-corrected chi connectivity index (χ4v) is 1.03. The van der Waals surface area contributed by atoms with Crippen molar-refractivity contribution in [3.63, 3.8) is 0 Å². The Morgan fingerprint density at radius 1 is 1.67 bits per heavy atom. The van der Waals surface area contributed by atoms with Gasteiger partial charge in [-0.15, -0.1) is 0 Å². The lowest BCUT2D eigenvalue weighted by molar-refractivity contribution is 0.209. The Morgan fingerprint density at radius 2 is 2.33 bits per heavy atom. The van der Waals surface area contributed by atoms with E-state index in [2.05, 4.69) is 11.9 Å². The summed E-state index contributed by atoms with van der Waals surface area (Å²) in [5.41, 5.74) is 2.07. The van der Waals surface area contributed by atoms with Gasteiger partial charge in [-0.3, -0.25) is 4.99 Å². The first-order valence-electron chi connectivity index (χ1n) is 3.94. The van der Waals surface area contributed by atoms with E-state index in [1.54, 1.807) is 13.1 Å². The molecule has 0 saturated heterocycles. The summed E-state index contributed by atoms with van der Waals surface area (Å²) in [6, 6.07) is 0. The molecule has 0 amide bonds. The third-order valence-electron chi connectivity index (χ3n) is 1.89. The van der Waals surface area contributed by atoms with Gasteiger partial charge in [-0.2, -0.15) is 0 Å². The van der Waals surface area contributed by atoms with Crippen LogP contribution in [-0.4, -0.2) is 18.1 Å². The Balaban J connectivity index is 3.04. The van der Waals surface area contributed by atoms with Crippen molar-refractivity contribution in [1.29, 1.82) is 0 Å². The number of aliphatic hydroxyl groups is 1. The average molecular weight is 167 g/mol. The fraction of sp³-hybridized carbons (Fsp3) is 0.444. The molecule has 0 aliphatic carbocycles. The molecule has 0 atom stereocenters. The minimum atomic E-state index is -0.0709. The van der Waals surface area contributed by atoms with E-state index in [0.29, 0.717) is 5.90 Å². The second-order valence-corrected chi connectivity index (χ2v) is 2.66. The van der Waals surface area contributed by atoms with Crippen molar-refractivity contribution >= 4 is 5.90 Å². The van der Waals surface area contributed by atoms with Crippen LogP contribution >= 0.6 is 0 Å². The minimum Gasteiger partial charge on any atom is -0.481 e. The molecule has 1 aliphatic heterocycles. The predicted octanol–water partition coefficient (Wildman–Crippen LogP) is 2.17. The summed E-state index contributed by atoms with van der Waals surface area (Å²) in [4.78, 5) is 3.91. The number of aliphatic hydroxyl groups excluding tert-OH is 1. The molecule has 12 heavy (non-hydrogen) atoms. The third kappa shape index (κ3) is 1.49. The molecule has 1 rings (SSSR count). The van der Waals surface area contributed by atoms with E-state index in [0.717, 1.165) is 12.0 Å². The normalized spacial score (nSPS) is 23.9. The number of ether oxygens (including phenoxy) is 1. The van der Waals surface area contributed by atoms with Gasteiger partial charge in [0.25, 0.3) is 5.95 Å². The van der Waals surface area contributed by atoms with Crippen molar-refractivity contribution in [3.8, 4) is 0 Å². The molecule has 0 saturated carbocycles. The SMILES string of the molecule is CC/C(C)=C1/C=C(O)OC1=NC. The Bertz CT molecular complexity index is 274. The number of hydrogen-bond acceptors (Lipinski definition) is 3. The fourth-order valence-electron chi connectivity index (χ4n) is 1.03. The molecule has 0 unspecified atom stereocenters. The quantitative estimate of drug-likeness (QED) is 0.650. The maximum absolute atomic E-state index is 9.07. The van der Waals surface area contributed by atoms with E-state index in [1.165, 1.54) is 5.57 Å². The second-order valence-electron chi connectivity index (χ2n) is 2.66. The van der Waals surface area contributed by atoms with Gasteiger partial charge < -0.3 is 9.84 Å². The highest BCUT2D eigenvalue weighted by Crippen LogP contribution is 2.21. The van der Waals surface area contributed by atoms with Crippen molar-refractivity contribution in [2.75, 3.05) is 7.05 Å².